The zero-order valence-corrected chi connectivity index (χ0v) is 13.2. The topological polar surface area (TPSA) is 70.2 Å². The Morgan fingerprint density at radius 1 is 1.22 bits per heavy atom. The summed E-state index contributed by atoms with van der Waals surface area (Å²) in [5.74, 6) is -0.553. The van der Waals surface area contributed by atoms with Crippen LogP contribution in [0.15, 0.2) is 18.2 Å². The summed E-state index contributed by atoms with van der Waals surface area (Å²) < 4.78 is 13.8. The minimum Gasteiger partial charge on any atom is -0.326 e. The Morgan fingerprint density at radius 2 is 1.91 bits per heavy atom. The van der Waals surface area contributed by atoms with Gasteiger partial charge in [-0.3, -0.25) is 9.59 Å². The number of carbonyl (C=O) groups excluding carboxylic acids is 2. The predicted octanol–water partition coefficient (Wildman–Crippen LogP) is 2.64. The van der Waals surface area contributed by atoms with Gasteiger partial charge in [0.05, 0.1) is 5.69 Å². The molecule has 2 aliphatic heterocycles. The van der Waals surface area contributed by atoms with Crippen molar-refractivity contribution in [2.24, 2.45) is 5.92 Å². The zero-order chi connectivity index (χ0) is 16.4. The van der Waals surface area contributed by atoms with Gasteiger partial charge in [0.2, 0.25) is 11.8 Å². The summed E-state index contributed by atoms with van der Waals surface area (Å²) in [6, 6.07) is 5.22. The summed E-state index contributed by atoms with van der Waals surface area (Å²) in [5.41, 5.74) is 0.576. The molecule has 5 nitrogen and oxygen atoms in total. The molecule has 2 bridgehead atoms. The third-order valence-electron chi connectivity index (χ3n) is 4.61. The van der Waals surface area contributed by atoms with Gasteiger partial charge in [0, 0.05) is 31.1 Å². The molecule has 1 aromatic rings. The molecule has 6 heteroatoms. The number of hydrogen-bond donors (Lipinski definition) is 3. The van der Waals surface area contributed by atoms with Gasteiger partial charge in [-0.05, 0) is 49.8 Å². The Morgan fingerprint density at radius 3 is 2.57 bits per heavy atom. The van der Waals surface area contributed by atoms with E-state index in [-0.39, 0.29) is 17.5 Å². The van der Waals surface area contributed by atoms with E-state index in [1.165, 1.54) is 38.0 Å². The predicted molar refractivity (Wildman–Crippen MR) is 86.6 cm³/mol. The van der Waals surface area contributed by atoms with Crippen molar-refractivity contribution in [1.29, 1.82) is 0 Å². The maximum Gasteiger partial charge on any atom is 0.224 e. The maximum absolute atomic E-state index is 13.8. The van der Waals surface area contributed by atoms with Crippen LogP contribution >= 0.6 is 0 Å². The van der Waals surface area contributed by atoms with Gasteiger partial charge >= 0.3 is 0 Å². The standard InChI is InChI=1S/C17H22FN3O2/c1-10(22)19-14-4-5-15(18)16(9-14)21-17(23)8-11-6-12-2-3-13(7-11)20-12/h4-5,9,11-13,20H,2-3,6-8H2,1H3,(H,19,22)(H,21,23). The number of benzene rings is 1. The van der Waals surface area contributed by atoms with E-state index in [1.54, 1.807) is 0 Å². The van der Waals surface area contributed by atoms with Crippen LogP contribution in [0.2, 0.25) is 0 Å². The lowest BCUT2D eigenvalue weighted by atomic mass is 9.89. The van der Waals surface area contributed by atoms with E-state index in [0.29, 0.717) is 30.1 Å². The van der Waals surface area contributed by atoms with Crippen molar-refractivity contribution < 1.29 is 14.0 Å². The lowest BCUT2D eigenvalue weighted by molar-refractivity contribution is -0.117. The van der Waals surface area contributed by atoms with Gasteiger partial charge in [-0.1, -0.05) is 0 Å². The monoisotopic (exact) mass is 319 g/mol. The van der Waals surface area contributed by atoms with E-state index in [9.17, 15) is 14.0 Å². The van der Waals surface area contributed by atoms with Crippen LogP contribution in [0.4, 0.5) is 15.8 Å². The molecule has 2 saturated heterocycles. The third-order valence-corrected chi connectivity index (χ3v) is 4.61. The Hall–Kier alpha value is -1.95. The summed E-state index contributed by atoms with van der Waals surface area (Å²) in [6.45, 7) is 1.38. The van der Waals surface area contributed by atoms with Gasteiger partial charge in [-0.25, -0.2) is 4.39 Å². The van der Waals surface area contributed by atoms with E-state index in [0.717, 1.165) is 12.8 Å². The fraction of sp³-hybridized carbons (Fsp3) is 0.529. The van der Waals surface area contributed by atoms with E-state index < -0.39 is 5.82 Å². The normalized spacial score (nSPS) is 25.9. The molecule has 0 spiro atoms. The molecule has 0 aromatic heterocycles. The van der Waals surface area contributed by atoms with Crippen molar-refractivity contribution in [2.45, 2.75) is 51.1 Å². The molecule has 2 amide bonds. The van der Waals surface area contributed by atoms with Gasteiger partial charge in [0.1, 0.15) is 5.82 Å². The van der Waals surface area contributed by atoms with E-state index in [1.807, 2.05) is 0 Å². The fourth-order valence-corrected chi connectivity index (χ4v) is 3.71. The molecule has 2 atom stereocenters. The van der Waals surface area contributed by atoms with Gasteiger partial charge < -0.3 is 16.0 Å². The number of fused-ring (bicyclic) bond motifs is 2. The molecule has 23 heavy (non-hydrogen) atoms. The lowest BCUT2D eigenvalue weighted by Crippen LogP contribution is -2.39. The van der Waals surface area contributed by atoms with Crippen LogP contribution in [-0.2, 0) is 9.59 Å². The average Bonchev–Trinajstić information content (AvgIpc) is 2.81. The first-order valence-electron chi connectivity index (χ1n) is 8.12. The Balaban J connectivity index is 1.60. The molecule has 0 saturated carbocycles. The van der Waals surface area contributed by atoms with Crippen LogP contribution in [0.25, 0.3) is 0 Å². The summed E-state index contributed by atoms with van der Waals surface area (Å²) in [6.07, 6.45) is 4.82. The summed E-state index contributed by atoms with van der Waals surface area (Å²) in [7, 11) is 0. The highest BCUT2D eigenvalue weighted by Crippen LogP contribution is 2.33. The highest BCUT2D eigenvalue weighted by Gasteiger charge is 2.34. The first-order chi connectivity index (χ1) is 11.0. The minimum atomic E-state index is -0.502. The molecule has 124 valence electrons. The number of hydrogen-bond acceptors (Lipinski definition) is 3. The summed E-state index contributed by atoms with van der Waals surface area (Å²) in [4.78, 5) is 23.3. The second-order valence-electron chi connectivity index (χ2n) is 6.60. The SMILES string of the molecule is CC(=O)Nc1ccc(F)c(NC(=O)CC2CC3CCC(C2)N3)c1. The van der Waals surface area contributed by atoms with Gasteiger partial charge in [0.25, 0.3) is 0 Å². The minimum absolute atomic E-state index is 0.109. The molecule has 3 N–H and O–H groups in total. The maximum atomic E-state index is 13.8. The largest absolute Gasteiger partial charge is 0.326 e. The molecule has 2 fully saturated rings. The van der Waals surface area contributed by atoms with Crippen LogP contribution in [-0.4, -0.2) is 23.9 Å². The molecule has 3 rings (SSSR count). The van der Waals surface area contributed by atoms with E-state index in [2.05, 4.69) is 16.0 Å². The molecular weight excluding hydrogens is 297 g/mol. The summed E-state index contributed by atoms with van der Waals surface area (Å²) in [5, 5.41) is 8.76. The molecule has 0 aliphatic carbocycles. The quantitative estimate of drug-likeness (QED) is 0.799. The van der Waals surface area contributed by atoms with Crippen molar-refractivity contribution >= 4 is 23.2 Å². The van der Waals surface area contributed by atoms with Crippen molar-refractivity contribution in [3.8, 4) is 0 Å². The number of amides is 2. The molecule has 2 heterocycles. The number of rotatable bonds is 4. The Bertz CT molecular complexity index is 608. The van der Waals surface area contributed by atoms with Crippen LogP contribution in [0.3, 0.4) is 0 Å². The Kier molecular flexibility index (Phi) is 4.61. The third kappa shape index (κ3) is 4.07. The van der Waals surface area contributed by atoms with Crippen LogP contribution in [0.1, 0.15) is 39.0 Å². The van der Waals surface area contributed by atoms with Crippen LogP contribution in [0, 0.1) is 11.7 Å². The van der Waals surface area contributed by atoms with Crippen molar-refractivity contribution in [3.63, 3.8) is 0 Å². The second-order valence-corrected chi connectivity index (χ2v) is 6.60. The van der Waals surface area contributed by atoms with Crippen LogP contribution < -0.4 is 16.0 Å². The number of anilines is 2. The van der Waals surface area contributed by atoms with Gasteiger partial charge in [-0.15, -0.1) is 0 Å². The first-order valence-corrected chi connectivity index (χ1v) is 8.12. The zero-order valence-electron chi connectivity index (χ0n) is 13.2. The van der Waals surface area contributed by atoms with E-state index in [4.69, 9.17) is 0 Å². The second kappa shape index (κ2) is 6.66. The number of nitrogens with one attached hydrogen (secondary N) is 3. The van der Waals surface area contributed by atoms with Crippen LogP contribution in [0.5, 0.6) is 0 Å². The molecular formula is C17H22FN3O2. The summed E-state index contributed by atoms with van der Waals surface area (Å²) >= 11 is 0. The van der Waals surface area contributed by atoms with Gasteiger partial charge in [-0.2, -0.15) is 0 Å². The van der Waals surface area contributed by atoms with Crippen molar-refractivity contribution in [2.75, 3.05) is 10.6 Å². The van der Waals surface area contributed by atoms with E-state index >= 15 is 0 Å². The Labute approximate surface area is 135 Å². The highest BCUT2D eigenvalue weighted by molar-refractivity contribution is 5.93. The number of halogens is 1. The molecule has 2 aliphatic rings. The van der Waals surface area contributed by atoms with Gasteiger partial charge in [0.15, 0.2) is 0 Å². The lowest BCUT2D eigenvalue weighted by Gasteiger charge is -2.28. The smallest absolute Gasteiger partial charge is 0.224 e. The van der Waals surface area contributed by atoms with Crippen molar-refractivity contribution in [3.05, 3.63) is 24.0 Å². The van der Waals surface area contributed by atoms with Crippen molar-refractivity contribution in [1.82, 2.24) is 5.32 Å². The molecule has 0 radical (unpaired) electrons. The average molecular weight is 319 g/mol. The number of carbonyl (C=O) groups is 2. The number of piperidine rings is 1. The highest BCUT2D eigenvalue weighted by atomic mass is 19.1. The first kappa shape index (κ1) is 15.9. The molecule has 2 unspecified atom stereocenters. The fourth-order valence-electron chi connectivity index (χ4n) is 3.71. The molecule has 1 aromatic carbocycles.